The first-order chi connectivity index (χ1) is 12.3. The summed E-state index contributed by atoms with van der Waals surface area (Å²) in [5, 5.41) is 29.6. The molecule has 0 amide bonds. The number of aliphatic hydroxyl groups is 3. The second kappa shape index (κ2) is 10.8. The van der Waals surface area contributed by atoms with Gasteiger partial charge in [0.15, 0.2) is 18.5 Å². The average molecular weight is 378 g/mol. The van der Waals surface area contributed by atoms with Gasteiger partial charge in [-0.2, -0.15) is 0 Å². The SMILES string of the molecule is CCC[C@H](N)C(=O)O[C@@H]1[C@@H](OC(=O)[C@@H](N)CCC)[C@H](O)[C@@H](CO)O[C@@H]1O. The number of rotatable bonds is 9. The highest BCUT2D eigenvalue weighted by Crippen LogP contribution is 2.26. The fraction of sp³-hybridized carbons (Fsp3) is 0.875. The molecule has 0 saturated carbocycles. The highest BCUT2D eigenvalue weighted by molar-refractivity contribution is 5.76. The molecule has 10 nitrogen and oxygen atoms in total. The van der Waals surface area contributed by atoms with E-state index < -0.39 is 61.3 Å². The van der Waals surface area contributed by atoms with Crippen molar-refractivity contribution in [3.63, 3.8) is 0 Å². The highest BCUT2D eigenvalue weighted by atomic mass is 16.7. The molecule has 26 heavy (non-hydrogen) atoms. The predicted octanol–water partition coefficient (Wildman–Crippen LogP) is -1.86. The molecule has 1 rings (SSSR count). The first kappa shape index (κ1) is 22.7. The van der Waals surface area contributed by atoms with Gasteiger partial charge in [0.1, 0.15) is 24.3 Å². The van der Waals surface area contributed by atoms with E-state index in [-0.39, 0.29) is 0 Å². The maximum Gasteiger partial charge on any atom is 0.323 e. The summed E-state index contributed by atoms with van der Waals surface area (Å²) >= 11 is 0. The number of esters is 2. The lowest BCUT2D eigenvalue weighted by Gasteiger charge is -2.41. The fourth-order valence-electron chi connectivity index (χ4n) is 2.62. The Bertz CT molecular complexity index is 464. The second-order valence-electron chi connectivity index (χ2n) is 6.33. The van der Waals surface area contributed by atoms with E-state index in [2.05, 4.69) is 0 Å². The summed E-state index contributed by atoms with van der Waals surface area (Å²) in [6, 6.07) is -1.86. The summed E-state index contributed by atoms with van der Waals surface area (Å²) in [7, 11) is 0. The van der Waals surface area contributed by atoms with Gasteiger partial charge in [-0.1, -0.05) is 26.7 Å². The fourth-order valence-corrected chi connectivity index (χ4v) is 2.62. The molecule has 1 aliphatic rings. The van der Waals surface area contributed by atoms with Crippen LogP contribution in [0.4, 0.5) is 0 Å². The maximum absolute atomic E-state index is 12.1. The second-order valence-corrected chi connectivity index (χ2v) is 6.33. The number of carbonyl (C=O) groups is 2. The quantitative estimate of drug-likeness (QED) is 0.286. The van der Waals surface area contributed by atoms with Crippen LogP contribution < -0.4 is 11.5 Å². The molecule has 0 aromatic rings. The van der Waals surface area contributed by atoms with Gasteiger partial charge in [-0.25, -0.2) is 0 Å². The zero-order chi connectivity index (χ0) is 19.9. The Kier molecular flexibility index (Phi) is 9.41. The van der Waals surface area contributed by atoms with Gasteiger partial charge in [0.25, 0.3) is 0 Å². The van der Waals surface area contributed by atoms with Crippen LogP contribution in [0.25, 0.3) is 0 Å². The van der Waals surface area contributed by atoms with Gasteiger partial charge in [-0.3, -0.25) is 9.59 Å². The average Bonchev–Trinajstić information content (AvgIpc) is 2.60. The van der Waals surface area contributed by atoms with Crippen molar-refractivity contribution in [3.8, 4) is 0 Å². The molecule has 0 aromatic carbocycles. The van der Waals surface area contributed by atoms with Crippen LogP contribution in [-0.4, -0.2) is 76.7 Å². The van der Waals surface area contributed by atoms with Crippen LogP contribution in [0.15, 0.2) is 0 Å². The maximum atomic E-state index is 12.1. The Morgan fingerprint density at radius 3 is 1.88 bits per heavy atom. The van der Waals surface area contributed by atoms with E-state index in [1.54, 1.807) is 0 Å². The molecule has 0 aromatic heterocycles. The van der Waals surface area contributed by atoms with E-state index in [0.717, 1.165) is 0 Å². The number of hydrogen-bond acceptors (Lipinski definition) is 10. The molecule has 0 aliphatic carbocycles. The topological polar surface area (TPSA) is 175 Å². The van der Waals surface area contributed by atoms with Gasteiger partial charge in [0.05, 0.1) is 6.61 Å². The van der Waals surface area contributed by atoms with Gasteiger partial charge in [0, 0.05) is 0 Å². The third kappa shape index (κ3) is 5.86. The van der Waals surface area contributed by atoms with Gasteiger partial charge >= 0.3 is 11.9 Å². The van der Waals surface area contributed by atoms with Crippen LogP contribution in [0, 0.1) is 0 Å². The standard InChI is InChI=1S/C16H30N2O8/c1-3-5-8(17)14(21)25-12-11(20)10(7-19)24-16(23)13(12)26-15(22)9(18)6-4-2/h8-13,16,19-20,23H,3-7,17-18H2,1-2H3/t8-,9-,10+,11+,12-,13+,16-/m0/s1. The molecule has 10 heteroatoms. The summed E-state index contributed by atoms with van der Waals surface area (Å²) < 4.78 is 15.4. The smallest absolute Gasteiger partial charge is 0.323 e. The number of ether oxygens (including phenoxy) is 3. The van der Waals surface area contributed by atoms with E-state index >= 15 is 0 Å². The molecule has 7 N–H and O–H groups in total. The Balaban J connectivity index is 2.94. The van der Waals surface area contributed by atoms with Crippen molar-refractivity contribution < 1.29 is 39.1 Å². The van der Waals surface area contributed by atoms with Crippen molar-refractivity contribution in [1.82, 2.24) is 0 Å². The molecule has 7 atom stereocenters. The largest absolute Gasteiger partial charge is 0.454 e. The Morgan fingerprint density at radius 2 is 1.46 bits per heavy atom. The van der Waals surface area contributed by atoms with Crippen LogP contribution in [0.2, 0.25) is 0 Å². The minimum atomic E-state index is -1.71. The first-order valence-electron chi connectivity index (χ1n) is 8.81. The molecule has 1 heterocycles. The van der Waals surface area contributed by atoms with Crippen LogP contribution in [0.5, 0.6) is 0 Å². The summed E-state index contributed by atoms with van der Waals surface area (Å²) in [4.78, 5) is 24.2. The van der Waals surface area contributed by atoms with Crippen molar-refractivity contribution in [2.24, 2.45) is 11.5 Å². The molecule has 0 unspecified atom stereocenters. The molecular formula is C16H30N2O8. The summed E-state index contributed by atoms with van der Waals surface area (Å²) in [6.07, 6.45) is -5.42. The van der Waals surface area contributed by atoms with Gasteiger partial charge < -0.3 is 41.0 Å². The molecule has 1 aliphatic heterocycles. The number of carbonyl (C=O) groups excluding carboxylic acids is 2. The van der Waals surface area contributed by atoms with E-state index in [9.17, 15) is 24.9 Å². The van der Waals surface area contributed by atoms with Gasteiger partial charge in [-0.15, -0.1) is 0 Å². The first-order valence-corrected chi connectivity index (χ1v) is 8.81. The molecule has 0 bridgehead atoms. The number of aliphatic hydroxyl groups excluding tert-OH is 3. The summed E-state index contributed by atoms with van der Waals surface area (Å²) in [6.45, 7) is 3.03. The normalized spacial score (nSPS) is 31.1. The minimum Gasteiger partial charge on any atom is -0.454 e. The zero-order valence-electron chi connectivity index (χ0n) is 15.1. The van der Waals surface area contributed by atoms with Crippen molar-refractivity contribution >= 4 is 11.9 Å². The van der Waals surface area contributed by atoms with Crippen molar-refractivity contribution in [1.29, 1.82) is 0 Å². The van der Waals surface area contributed by atoms with Crippen molar-refractivity contribution in [2.45, 2.75) is 82.3 Å². The molecule has 1 saturated heterocycles. The van der Waals surface area contributed by atoms with Crippen molar-refractivity contribution in [3.05, 3.63) is 0 Å². The lowest BCUT2D eigenvalue weighted by atomic mass is 9.98. The highest BCUT2D eigenvalue weighted by Gasteiger charge is 2.49. The Labute approximate surface area is 152 Å². The third-order valence-corrected chi connectivity index (χ3v) is 4.13. The Morgan fingerprint density at radius 1 is 1.00 bits per heavy atom. The zero-order valence-corrected chi connectivity index (χ0v) is 15.1. The van der Waals surface area contributed by atoms with E-state index in [1.807, 2.05) is 13.8 Å². The van der Waals surface area contributed by atoms with Crippen molar-refractivity contribution in [2.75, 3.05) is 6.61 Å². The Hall–Kier alpha value is -1.30. The third-order valence-electron chi connectivity index (χ3n) is 4.13. The molecule has 0 spiro atoms. The minimum absolute atomic E-state index is 0.357. The van der Waals surface area contributed by atoms with Gasteiger partial charge in [-0.05, 0) is 12.8 Å². The molecular weight excluding hydrogens is 348 g/mol. The summed E-state index contributed by atoms with van der Waals surface area (Å²) in [5.74, 6) is -1.64. The number of hydrogen-bond donors (Lipinski definition) is 5. The lowest BCUT2D eigenvalue weighted by Crippen LogP contribution is -2.62. The van der Waals surface area contributed by atoms with Crippen LogP contribution in [0.1, 0.15) is 39.5 Å². The van der Waals surface area contributed by atoms with E-state index in [1.165, 1.54) is 0 Å². The molecule has 1 fully saturated rings. The van der Waals surface area contributed by atoms with Gasteiger partial charge in [0.2, 0.25) is 0 Å². The molecule has 152 valence electrons. The van der Waals surface area contributed by atoms with Crippen LogP contribution in [0.3, 0.4) is 0 Å². The predicted molar refractivity (Wildman–Crippen MR) is 89.5 cm³/mol. The van der Waals surface area contributed by atoms with Crippen LogP contribution in [-0.2, 0) is 23.8 Å². The summed E-state index contributed by atoms with van der Waals surface area (Å²) in [5.41, 5.74) is 11.4. The lowest BCUT2D eigenvalue weighted by molar-refractivity contribution is -0.294. The van der Waals surface area contributed by atoms with E-state index in [4.69, 9.17) is 25.7 Å². The molecule has 0 radical (unpaired) electrons. The van der Waals surface area contributed by atoms with E-state index in [0.29, 0.717) is 25.7 Å². The number of nitrogens with two attached hydrogens (primary N) is 2. The van der Waals surface area contributed by atoms with Crippen LogP contribution >= 0.6 is 0 Å². The monoisotopic (exact) mass is 378 g/mol.